The van der Waals surface area contributed by atoms with Crippen LogP contribution in [-0.4, -0.2) is 23.6 Å². The molecule has 1 aromatic heterocycles. The van der Waals surface area contributed by atoms with Crippen LogP contribution in [0.15, 0.2) is 18.5 Å². The predicted molar refractivity (Wildman–Crippen MR) is 65.7 cm³/mol. The molecule has 1 amide bonds. The molecule has 1 aliphatic heterocycles. The lowest BCUT2D eigenvalue weighted by Gasteiger charge is -2.28. The van der Waals surface area contributed by atoms with Gasteiger partial charge < -0.3 is 10.1 Å². The molecular weight excluding hydrogens is 216 g/mol. The van der Waals surface area contributed by atoms with Crippen LogP contribution < -0.4 is 5.32 Å². The first-order chi connectivity index (χ1) is 8.18. The maximum atomic E-state index is 12.1. The molecule has 0 radical (unpaired) electrons. The number of anilines is 1. The Morgan fingerprint density at radius 2 is 2.41 bits per heavy atom. The fourth-order valence-electron chi connectivity index (χ4n) is 2.11. The fraction of sp³-hybridized carbons (Fsp3) is 0.538. The number of pyridine rings is 1. The van der Waals surface area contributed by atoms with E-state index < -0.39 is 0 Å². The predicted octanol–water partition coefficient (Wildman–Crippen LogP) is 2.14. The summed E-state index contributed by atoms with van der Waals surface area (Å²) in [5.74, 6) is 0.00261. The number of rotatable bonds is 2. The molecule has 2 heterocycles. The number of nitrogens with zero attached hydrogens (tertiary/aromatic N) is 1. The van der Waals surface area contributed by atoms with Crippen molar-refractivity contribution >= 4 is 11.6 Å². The second kappa shape index (κ2) is 5.27. The minimum Gasteiger partial charge on any atom is -0.378 e. The Kier molecular flexibility index (Phi) is 3.74. The third kappa shape index (κ3) is 2.82. The molecule has 0 bridgehead atoms. The maximum absolute atomic E-state index is 12.1. The van der Waals surface area contributed by atoms with E-state index in [2.05, 4.69) is 10.3 Å². The second-order valence-electron chi connectivity index (χ2n) is 4.50. The number of amides is 1. The van der Waals surface area contributed by atoms with Gasteiger partial charge in [-0.1, -0.05) is 0 Å². The Balaban J connectivity index is 2.03. The van der Waals surface area contributed by atoms with Gasteiger partial charge in [0.15, 0.2) is 0 Å². The molecule has 2 rings (SSSR count). The van der Waals surface area contributed by atoms with Crippen LogP contribution in [0.2, 0.25) is 0 Å². The molecule has 17 heavy (non-hydrogen) atoms. The Bertz CT molecular complexity index is 406. The van der Waals surface area contributed by atoms with E-state index in [-0.39, 0.29) is 17.9 Å². The average molecular weight is 234 g/mol. The van der Waals surface area contributed by atoms with Crippen LogP contribution >= 0.6 is 0 Å². The molecule has 92 valence electrons. The highest BCUT2D eigenvalue weighted by Crippen LogP contribution is 2.23. The smallest absolute Gasteiger partial charge is 0.230 e. The molecule has 0 saturated carbocycles. The van der Waals surface area contributed by atoms with Gasteiger partial charge in [0.25, 0.3) is 0 Å². The van der Waals surface area contributed by atoms with Gasteiger partial charge >= 0.3 is 0 Å². The van der Waals surface area contributed by atoms with Crippen LogP contribution in [0.5, 0.6) is 0 Å². The number of hydrogen-bond donors (Lipinski definition) is 1. The lowest BCUT2D eigenvalue weighted by molar-refractivity contribution is -0.127. The van der Waals surface area contributed by atoms with Crippen LogP contribution in [-0.2, 0) is 9.53 Å². The average Bonchev–Trinajstić information content (AvgIpc) is 2.32. The molecule has 1 aromatic rings. The van der Waals surface area contributed by atoms with Crippen molar-refractivity contribution in [2.45, 2.75) is 32.8 Å². The summed E-state index contributed by atoms with van der Waals surface area (Å²) in [5.41, 5.74) is 1.81. The van der Waals surface area contributed by atoms with Crippen molar-refractivity contribution in [1.82, 2.24) is 4.98 Å². The monoisotopic (exact) mass is 234 g/mol. The zero-order valence-corrected chi connectivity index (χ0v) is 10.3. The molecule has 4 heteroatoms. The zero-order chi connectivity index (χ0) is 12.3. The number of hydrogen-bond acceptors (Lipinski definition) is 3. The van der Waals surface area contributed by atoms with Gasteiger partial charge in [-0.05, 0) is 38.3 Å². The first-order valence-corrected chi connectivity index (χ1v) is 6.01. The number of carbonyl (C=O) groups is 1. The molecule has 0 unspecified atom stereocenters. The Morgan fingerprint density at radius 1 is 1.59 bits per heavy atom. The van der Waals surface area contributed by atoms with E-state index in [9.17, 15) is 4.79 Å². The van der Waals surface area contributed by atoms with E-state index in [1.165, 1.54) is 0 Å². The third-order valence-corrected chi connectivity index (χ3v) is 3.22. The van der Waals surface area contributed by atoms with Crippen LogP contribution in [0.1, 0.15) is 25.3 Å². The number of ether oxygens (including phenoxy) is 1. The van der Waals surface area contributed by atoms with Gasteiger partial charge in [-0.15, -0.1) is 0 Å². The molecule has 1 aliphatic rings. The molecule has 1 fully saturated rings. The van der Waals surface area contributed by atoms with Gasteiger partial charge in [-0.3, -0.25) is 9.78 Å². The molecule has 2 atom stereocenters. The Labute approximate surface area is 101 Å². The Morgan fingerprint density at radius 3 is 3.12 bits per heavy atom. The molecule has 0 aliphatic carbocycles. The highest BCUT2D eigenvalue weighted by molar-refractivity contribution is 5.93. The van der Waals surface area contributed by atoms with Crippen molar-refractivity contribution in [3.8, 4) is 0 Å². The van der Waals surface area contributed by atoms with Crippen molar-refractivity contribution < 1.29 is 9.53 Å². The summed E-state index contributed by atoms with van der Waals surface area (Å²) in [4.78, 5) is 16.1. The molecule has 1 N–H and O–H groups in total. The van der Waals surface area contributed by atoms with E-state index in [0.717, 1.165) is 30.7 Å². The number of aryl methyl sites for hydroxylation is 1. The maximum Gasteiger partial charge on any atom is 0.230 e. The lowest BCUT2D eigenvalue weighted by Crippen LogP contribution is -2.36. The summed E-state index contributed by atoms with van der Waals surface area (Å²) in [7, 11) is 0. The summed E-state index contributed by atoms with van der Waals surface area (Å²) in [6, 6.07) is 1.82. The van der Waals surface area contributed by atoms with Gasteiger partial charge in [0.1, 0.15) is 0 Å². The van der Waals surface area contributed by atoms with Gasteiger partial charge in [-0.2, -0.15) is 0 Å². The van der Waals surface area contributed by atoms with Crippen molar-refractivity contribution in [2.75, 3.05) is 11.9 Å². The van der Waals surface area contributed by atoms with Crippen molar-refractivity contribution in [3.05, 3.63) is 24.0 Å². The Hall–Kier alpha value is -1.42. The highest BCUT2D eigenvalue weighted by Gasteiger charge is 2.28. The summed E-state index contributed by atoms with van der Waals surface area (Å²) >= 11 is 0. The van der Waals surface area contributed by atoms with Crippen LogP contribution in [0, 0.1) is 12.8 Å². The molecule has 0 spiro atoms. The highest BCUT2D eigenvalue weighted by atomic mass is 16.5. The van der Waals surface area contributed by atoms with Crippen molar-refractivity contribution in [1.29, 1.82) is 0 Å². The topological polar surface area (TPSA) is 51.2 Å². The van der Waals surface area contributed by atoms with Crippen LogP contribution in [0.4, 0.5) is 5.69 Å². The summed E-state index contributed by atoms with van der Waals surface area (Å²) < 4.78 is 5.51. The van der Waals surface area contributed by atoms with Gasteiger partial charge in [-0.25, -0.2) is 0 Å². The summed E-state index contributed by atoms with van der Waals surface area (Å²) in [6.07, 6.45) is 5.29. The zero-order valence-electron chi connectivity index (χ0n) is 10.3. The molecule has 0 aromatic carbocycles. The van der Waals surface area contributed by atoms with Gasteiger partial charge in [0, 0.05) is 24.7 Å². The lowest BCUT2D eigenvalue weighted by atomic mass is 9.94. The van der Waals surface area contributed by atoms with Crippen LogP contribution in [0.3, 0.4) is 0 Å². The number of aromatic nitrogens is 1. The molecule has 4 nitrogen and oxygen atoms in total. The first-order valence-electron chi connectivity index (χ1n) is 6.01. The standard InChI is InChI=1S/C13H18N2O2/c1-9-8-14-6-5-12(9)15-13(16)11-4-3-7-17-10(11)2/h5-6,8,10-11H,3-4,7H2,1-2H3,(H,14,15,16)/t10-,11+/m0/s1. The fourth-order valence-corrected chi connectivity index (χ4v) is 2.11. The van der Waals surface area contributed by atoms with E-state index in [4.69, 9.17) is 4.74 Å². The van der Waals surface area contributed by atoms with E-state index >= 15 is 0 Å². The molecular formula is C13H18N2O2. The SMILES string of the molecule is Cc1cnccc1NC(=O)[C@@H]1CCCO[C@H]1C. The summed E-state index contributed by atoms with van der Waals surface area (Å²) in [5, 5.41) is 2.95. The van der Waals surface area contributed by atoms with Crippen molar-refractivity contribution in [3.63, 3.8) is 0 Å². The third-order valence-electron chi connectivity index (χ3n) is 3.22. The van der Waals surface area contributed by atoms with Crippen molar-refractivity contribution in [2.24, 2.45) is 5.92 Å². The molecule has 1 saturated heterocycles. The first kappa shape index (κ1) is 12.0. The van der Waals surface area contributed by atoms with E-state index in [1.807, 2.05) is 19.9 Å². The van der Waals surface area contributed by atoms with Crippen LogP contribution in [0.25, 0.3) is 0 Å². The number of nitrogens with one attached hydrogen (secondary N) is 1. The quantitative estimate of drug-likeness (QED) is 0.853. The summed E-state index contributed by atoms with van der Waals surface area (Å²) in [6.45, 7) is 4.66. The normalized spacial score (nSPS) is 24.4. The largest absolute Gasteiger partial charge is 0.378 e. The minimum absolute atomic E-state index is 0.00546. The van der Waals surface area contributed by atoms with E-state index in [1.54, 1.807) is 12.4 Å². The van der Waals surface area contributed by atoms with Gasteiger partial charge in [0.05, 0.1) is 12.0 Å². The number of carbonyl (C=O) groups excluding carboxylic acids is 1. The second-order valence-corrected chi connectivity index (χ2v) is 4.50. The van der Waals surface area contributed by atoms with Gasteiger partial charge in [0.2, 0.25) is 5.91 Å². The minimum atomic E-state index is -0.0451. The van der Waals surface area contributed by atoms with E-state index in [0.29, 0.717) is 0 Å².